The fourth-order valence-electron chi connectivity index (χ4n) is 0.887. The van der Waals surface area contributed by atoms with Crippen molar-refractivity contribution in [1.82, 2.24) is 4.98 Å². The summed E-state index contributed by atoms with van der Waals surface area (Å²) in [6, 6.07) is 9.84. The molecule has 1 nitrogen and oxygen atoms in total. The first kappa shape index (κ1) is 13.1. The molecule has 0 radical (unpaired) electrons. The monoisotopic (exact) mass is 263 g/mol. The molecule has 0 spiro atoms. The van der Waals surface area contributed by atoms with Gasteiger partial charge in [-0.3, -0.25) is 16.3 Å². The molecule has 0 fully saturated rings. The average molecular weight is 264 g/mol. The van der Waals surface area contributed by atoms with Gasteiger partial charge in [0.15, 0.2) is 0 Å². The van der Waals surface area contributed by atoms with Crippen molar-refractivity contribution in [2.24, 2.45) is 0 Å². The van der Waals surface area contributed by atoms with Crippen LogP contribution < -0.4 is 17.0 Å². The molecule has 2 heterocycles. The van der Waals surface area contributed by atoms with Gasteiger partial charge in [0.25, 0.3) is 0 Å². The fraction of sp³-hybridized carbons (Fsp3) is 0. The first-order chi connectivity index (χ1) is 5.47. The Labute approximate surface area is 108 Å². The quantitative estimate of drug-likeness (QED) is 0.487. The topological polar surface area (TPSA) is 12.9 Å². The Morgan fingerprint density at radius 3 is 2.62 bits per heavy atom. The predicted octanol–water partition coefficient (Wildman–Crippen LogP) is -0.767. The molecule has 0 amide bonds. The van der Waals surface area contributed by atoms with Gasteiger partial charge in [0.2, 0.25) is 0 Å². The average Bonchev–Trinajstić information content (AvgIpc) is 2.58. The van der Waals surface area contributed by atoms with Gasteiger partial charge in [-0.2, -0.15) is 12.1 Å². The van der Waals surface area contributed by atoms with Crippen LogP contribution in [0, 0.1) is 5.38 Å². The summed E-state index contributed by atoms with van der Waals surface area (Å²) in [5.41, 5.74) is 1.03. The molecule has 0 aromatic carbocycles. The van der Waals surface area contributed by atoms with Crippen LogP contribution in [0.5, 0.6) is 0 Å². The van der Waals surface area contributed by atoms with Gasteiger partial charge < -0.3 is 17.0 Å². The molecule has 4 heteroatoms. The zero-order valence-corrected chi connectivity index (χ0v) is 10.7. The first-order valence-electron chi connectivity index (χ1n) is 3.34. The molecule has 0 N–H and O–H groups in total. The molecule has 0 atom stereocenters. The van der Waals surface area contributed by atoms with Gasteiger partial charge in [0.05, 0.1) is 0 Å². The van der Waals surface area contributed by atoms with E-state index in [1.54, 1.807) is 17.5 Å². The Morgan fingerprint density at radius 2 is 2.08 bits per heavy atom. The number of aromatic nitrogens is 1. The fourth-order valence-corrected chi connectivity index (χ4v) is 1.51. The molecule has 2 aromatic heterocycles. The SMILES string of the molecule is [Br-].[Mg+2].[c-]1ccc(-c2ccccn2)s1. The Bertz CT molecular complexity index is 323. The normalized spacial score (nSPS) is 8.31. The second-order valence-corrected chi connectivity index (χ2v) is 3.01. The number of hydrogen-bond donors (Lipinski definition) is 0. The van der Waals surface area contributed by atoms with Gasteiger partial charge in [-0.25, -0.2) is 0 Å². The van der Waals surface area contributed by atoms with Gasteiger partial charge in [0, 0.05) is 11.9 Å². The molecule has 0 aliphatic rings. The van der Waals surface area contributed by atoms with Crippen LogP contribution in [0.15, 0.2) is 36.5 Å². The number of nitrogens with zero attached hydrogens (tertiary/aromatic N) is 1. The van der Waals surface area contributed by atoms with E-state index in [1.165, 1.54) is 4.88 Å². The molecule has 13 heavy (non-hydrogen) atoms. The number of thiophene rings is 1. The van der Waals surface area contributed by atoms with Crippen molar-refractivity contribution >= 4 is 34.4 Å². The van der Waals surface area contributed by atoms with Gasteiger partial charge in [-0.1, -0.05) is 6.07 Å². The summed E-state index contributed by atoms with van der Waals surface area (Å²) in [7, 11) is 0. The summed E-state index contributed by atoms with van der Waals surface area (Å²) in [5, 5.41) is 3.03. The number of hydrogen-bond acceptors (Lipinski definition) is 2. The van der Waals surface area contributed by atoms with E-state index in [1.807, 2.05) is 30.3 Å². The summed E-state index contributed by atoms with van der Waals surface area (Å²) in [4.78, 5) is 5.38. The Morgan fingerprint density at radius 1 is 1.23 bits per heavy atom. The molecular weight excluding hydrogens is 258 g/mol. The summed E-state index contributed by atoms with van der Waals surface area (Å²) in [5.74, 6) is 0. The van der Waals surface area contributed by atoms with E-state index >= 15 is 0 Å². The van der Waals surface area contributed by atoms with E-state index in [2.05, 4.69) is 10.4 Å². The molecule has 62 valence electrons. The summed E-state index contributed by atoms with van der Waals surface area (Å²) in [6.45, 7) is 0. The summed E-state index contributed by atoms with van der Waals surface area (Å²) >= 11 is 1.59. The third-order valence-electron chi connectivity index (χ3n) is 1.39. The van der Waals surface area contributed by atoms with Crippen molar-refractivity contribution < 1.29 is 17.0 Å². The van der Waals surface area contributed by atoms with Gasteiger partial charge in [-0.05, 0) is 12.1 Å². The van der Waals surface area contributed by atoms with Crippen LogP contribution in [-0.4, -0.2) is 28.0 Å². The van der Waals surface area contributed by atoms with Crippen molar-refractivity contribution in [1.29, 1.82) is 0 Å². The van der Waals surface area contributed by atoms with Crippen LogP contribution >= 0.6 is 11.3 Å². The molecule has 0 saturated carbocycles. The number of pyridine rings is 1. The molecular formula is C9H6BrMgNS. The number of halogens is 1. The Balaban J connectivity index is 0.000000720. The minimum Gasteiger partial charge on any atom is -1.00 e. The molecule has 0 saturated heterocycles. The number of rotatable bonds is 1. The van der Waals surface area contributed by atoms with E-state index in [-0.39, 0.29) is 40.0 Å². The summed E-state index contributed by atoms with van der Waals surface area (Å²) < 4.78 is 0. The van der Waals surface area contributed by atoms with Crippen LogP contribution in [0.1, 0.15) is 0 Å². The Kier molecular flexibility index (Phi) is 6.58. The van der Waals surface area contributed by atoms with Crippen LogP contribution in [0.3, 0.4) is 0 Å². The van der Waals surface area contributed by atoms with Crippen molar-refractivity contribution in [3.05, 3.63) is 41.9 Å². The molecule has 2 aromatic rings. The van der Waals surface area contributed by atoms with E-state index in [9.17, 15) is 0 Å². The maximum atomic E-state index is 4.21. The van der Waals surface area contributed by atoms with E-state index in [4.69, 9.17) is 0 Å². The molecule has 0 bridgehead atoms. The second-order valence-electron chi connectivity index (χ2n) is 2.13. The molecule has 0 aliphatic carbocycles. The second kappa shape index (κ2) is 6.54. The minimum atomic E-state index is 0. The van der Waals surface area contributed by atoms with E-state index in [0.29, 0.717) is 0 Å². The van der Waals surface area contributed by atoms with Gasteiger partial charge in [-0.15, -0.1) is 10.3 Å². The zero-order valence-electron chi connectivity index (χ0n) is 6.90. The van der Waals surface area contributed by atoms with Crippen LogP contribution in [0.2, 0.25) is 0 Å². The maximum absolute atomic E-state index is 4.21. The Hall–Kier alpha value is 0.0962. The molecule has 2 rings (SSSR count). The molecule has 0 unspecified atom stereocenters. The van der Waals surface area contributed by atoms with Crippen molar-refractivity contribution in [3.63, 3.8) is 0 Å². The summed E-state index contributed by atoms with van der Waals surface area (Å²) in [6.07, 6.45) is 1.80. The van der Waals surface area contributed by atoms with E-state index < -0.39 is 0 Å². The van der Waals surface area contributed by atoms with Crippen molar-refractivity contribution in [2.75, 3.05) is 0 Å². The third-order valence-corrected chi connectivity index (χ3v) is 2.21. The zero-order chi connectivity index (χ0) is 7.52. The van der Waals surface area contributed by atoms with Crippen LogP contribution in [-0.2, 0) is 0 Å². The van der Waals surface area contributed by atoms with Crippen LogP contribution in [0.25, 0.3) is 10.6 Å². The molecule has 0 aliphatic heterocycles. The van der Waals surface area contributed by atoms with Crippen molar-refractivity contribution in [3.8, 4) is 10.6 Å². The minimum absolute atomic E-state index is 0. The predicted molar refractivity (Wildman–Crippen MR) is 52.1 cm³/mol. The first-order valence-corrected chi connectivity index (χ1v) is 4.16. The third kappa shape index (κ3) is 3.38. The largest absolute Gasteiger partial charge is 2.00 e. The van der Waals surface area contributed by atoms with Crippen molar-refractivity contribution in [2.45, 2.75) is 0 Å². The van der Waals surface area contributed by atoms with Gasteiger partial charge in [0.1, 0.15) is 0 Å². The van der Waals surface area contributed by atoms with Gasteiger partial charge >= 0.3 is 23.1 Å². The maximum Gasteiger partial charge on any atom is 2.00 e. The van der Waals surface area contributed by atoms with E-state index in [0.717, 1.165) is 5.69 Å². The van der Waals surface area contributed by atoms with Crippen LogP contribution in [0.4, 0.5) is 0 Å². The standard InChI is InChI=1S/C9H6NS.BrH.Mg/c1-2-6-10-8(4-1)9-5-3-7-11-9;;/h1-6H;1H;/q-1;;+2/p-1. The smallest absolute Gasteiger partial charge is 1.00 e.